The molecule has 1 saturated heterocycles. The molecule has 0 radical (unpaired) electrons. The fourth-order valence-corrected chi connectivity index (χ4v) is 4.18. The van der Waals surface area contributed by atoms with Crippen molar-refractivity contribution in [2.75, 3.05) is 0 Å². The number of fused-ring (bicyclic) bond motifs is 8. The lowest BCUT2D eigenvalue weighted by molar-refractivity contribution is 0.0613. The van der Waals surface area contributed by atoms with Gasteiger partial charge in [-0.25, -0.2) is 0 Å². The van der Waals surface area contributed by atoms with Crippen LogP contribution in [-0.4, -0.2) is 0 Å². The maximum Gasteiger partial charge on any atom is 0.0909 e. The molecule has 4 rings (SSSR count). The van der Waals surface area contributed by atoms with E-state index in [1.807, 2.05) is 0 Å². The van der Waals surface area contributed by atoms with Crippen LogP contribution in [0.15, 0.2) is 35.4 Å². The van der Waals surface area contributed by atoms with Crippen molar-refractivity contribution < 1.29 is 4.74 Å². The quantitative estimate of drug-likeness (QED) is 0.687. The highest BCUT2D eigenvalue weighted by Crippen LogP contribution is 2.67. The van der Waals surface area contributed by atoms with Crippen molar-refractivity contribution in [1.29, 1.82) is 0 Å². The van der Waals surface area contributed by atoms with Crippen molar-refractivity contribution >= 4 is 0 Å². The average molecular weight is 226 g/mol. The Morgan fingerprint density at radius 2 is 1.71 bits per heavy atom. The second kappa shape index (κ2) is 3.23. The van der Waals surface area contributed by atoms with Gasteiger partial charge in [0.2, 0.25) is 0 Å². The topological polar surface area (TPSA) is 9.23 Å². The Hall–Kier alpha value is -1.08. The van der Waals surface area contributed by atoms with E-state index >= 15 is 0 Å². The Kier molecular flexibility index (Phi) is 1.88. The molecule has 1 aromatic carbocycles. The van der Waals surface area contributed by atoms with E-state index in [2.05, 4.69) is 38.1 Å². The maximum atomic E-state index is 6.24. The third kappa shape index (κ3) is 1.04. The van der Waals surface area contributed by atoms with E-state index in [1.54, 1.807) is 11.1 Å². The van der Waals surface area contributed by atoms with Crippen LogP contribution < -0.4 is 0 Å². The predicted molar refractivity (Wildman–Crippen MR) is 67.6 cm³/mol. The molecular formula is C16H18O. The second-order valence-corrected chi connectivity index (χ2v) is 5.62. The molecule has 0 unspecified atom stereocenters. The Bertz CT molecular complexity index is 514. The summed E-state index contributed by atoms with van der Waals surface area (Å²) in [7, 11) is 0. The predicted octanol–water partition coefficient (Wildman–Crippen LogP) is 4.18. The number of hydrogen-bond acceptors (Lipinski definition) is 1. The van der Waals surface area contributed by atoms with Crippen molar-refractivity contribution in [2.24, 2.45) is 11.8 Å². The van der Waals surface area contributed by atoms with Gasteiger partial charge in [-0.05, 0) is 24.5 Å². The number of benzene rings is 1. The summed E-state index contributed by atoms with van der Waals surface area (Å²) in [6.45, 7) is 4.59. The molecule has 0 amide bonds. The molecule has 0 N–H and O–H groups in total. The fourth-order valence-electron chi connectivity index (χ4n) is 4.18. The number of ether oxygens (including phenoxy) is 1. The first kappa shape index (κ1) is 9.90. The zero-order chi connectivity index (χ0) is 11.6. The summed E-state index contributed by atoms with van der Waals surface area (Å²) in [6, 6.07) is 8.80. The number of hydrogen-bond donors (Lipinski definition) is 0. The smallest absolute Gasteiger partial charge is 0.0909 e. The van der Waals surface area contributed by atoms with Gasteiger partial charge >= 0.3 is 0 Å². The minimum atomic E-state index is 0.363. The molecule has 2 heterocycles. The van der Waals surface area contributed by atoms with Gasteiger partial charge in [-0.3, -0.25) is 0 Å². The lowest BCUT2D eigenvalue weighted by atomic mass is 9.59. The van der Waals surface area contributed by atoms with E-state index < -0.39 is 0 Å². The molecule has 2 bridgehead atoms. The van der Waals surface area contributed by atoms with Gasteiger partial charge in [-0.2, -0.15) is 0 Å². The molecule has 3 aliphatic rings. The zero-order valence-electron chi connectivity index (χ0n) is 10.4. The van der Waals surface area contributed by atoms with Crippen molar-refractivity contribution in [2.45, 2.75) is 38.9 Å². The van der Waals surface area contributed by atoms with Gasteiger partial charge in [-0.15, -0.1) is 0 Å². The highest BCUT2D eigenvalue weighted by atomic mass is 16.5. The SMILES string of the molecule is CCCC1=C(C)[C@H]2[C@@H]1[C@H]1O[C@@H]2c2ccccc21. The van der Waals surface area contributed by atoms with Crippen LogP contribution in [0.3, 0.4) is 0 Å². The van der Waals surface area contributed by atoms with Crippen LogP contribution in [-0.2, 0) is 4.74 Å². The zero-order valence-corrected chi connectivity index (χ0v) is 10.4. The van der Waals surface area contributed by atoms with Crippen molar-refractivity contribution in [3.05, 3.63) is 46.5 Å². The molecule has 4 atom stereocenters. The molecule has 1 fully saturated rings. The van der Waals surface area contributed by atoms with Crippen LogP contribution in [0.4, 0.5) is 0 Å². The Balaban J connectivity index is 1.78. The standard InChI is InChI=1S/C16H18O/c1-3-6-10-9(2)13-14(10)16-12-8-5-4-7-11(12)15(13)17-16/h4-5,7-8,13-16H,3,6H2,1-2H3/t13-,14+,15+,16-/m0/s1. The molecule has 1 aliphatic carbocycles. The van der Waals surface area contributed by atoms with Crippen LogP contribution in [0, 0.1) is 11.8 Å². The molecular weight excluding hydrogens is 208 g/mol. The summed E-state index contributed by atoms with van der Waals surface area (Å²) in [4.78, 5) is 0. The Morgan fingerprint density at radius 1 is 1.06 bits per heavy atom. The van der Waals surface area contributed by atoms with Crippen molar-refractivity contribution in [3.63, 3.8) is 0 Å². The minimum Gasteiger partial charge on any atom is -0.364 e. The molecule has 0 spiro atoms. The first-order valence-corrected chi connectivity index (χ1v) is 6.76. The third-order valence-electron chi connectivity index (χ3n) is 4.87. The summed E-state index contributed by atoms with van der Waals surface area (Å²) in [6.07, 6.45) is 3.25. The Morgan fingerprint density at radius 3 is 2.35 bits per heavy atom. The van der Waals surface area contributed by atoms with Crippen LogP contribution in [0.2, 0.25) is 0 Å². The van der Waals surface area contributed by atoms with Gasteiger partial charge in [0.05, 0.1) is 12.2 Å². The first-order valence-electron chi connectivity index (χ1n) is 6.76. The highest BCUT2D eigenvalue weighted by Gasteiger charge is 2.58. The van der Waals surface area contributed by atoms with E-state index in [1.165, 1.54) is 24.0 Å². The van der Waals surface area contributed by atoms with Crippen molar-refractivity contribution in [1.82, 2.24) is 0 Å². The minimum absolute atomic E-state index is 0.363. The lowest BCUT2D eigenvalue weighted by Crippen LogP contribution is -2.33. The largest absolute Gasteiger partial charge is 0.364 e. The van der Waals surface area contributed by atoms with Gasteiger partial charge in [0, 0.05) is 11.8 Å². The van der Waals surface area contributed by atoms with Gasteiger partial charge in [-0.1, -0.05) is 48.8 Å². The number of rotatable bonds is 2. The molecule has 88 valence electrons. The summed E-state index contributed by atoms with van der Waals surface area (Å²) < 4.78 is 6.24. The molecule has 0 saturated carbocycles. The second-order valence-electron chi connectivity index (χ2n) is 5.62. The van der Waals surface area contributed by atoms with Crippen molar-refractivity contribution in [3.8, 4) is 0 Å². The van der Waals surface area contributed by atoms with E-state index in [9.17, 15) is 0 Å². The average Bonchev–Trinajstić information content (AvgIpc) is 2.89. The lowest BCUT2D eigenvalue weighted by Gasteiger charge is -2.42. The van der Waals surface area contributed by atoms with Gasteiger partial charge < -0.3 is 4.74 Å². The molecule has 2 aliphatic heterocycles. The summed E-state index contributed by atoms with van der Waals surface area (Å²) in [5, 5.41) is 0. The van der Waals surface area contributed by atoms with E-state index in [4.69, 9.17) is 4.74 Å². The fraction of sp³-hybridized carbons (Fsp3) is 0.500. The van der Waals surface area contributed by atoms with Gasteiger partial charge in [0.25, 0.3) is 0 Å². The van der Waals surface area contributed by atoms with Crippen LogP contribution in [0.25, 0.3) is 0 Å². The third-order valence-corrected chi connectivity index (χ3v) is 4.87. The monoisotopic (exact) mass is 226 g/mol. The molecule has 1 aromatic rings. The van der Waals surface area contributed by atoms with E-state index in [-0.39, 0.29) is 0 Å². The summed E-state index contributed by atoms with van der Waals surface area (Å²) >= 11 is 0. The molecule has 17 heavy (non-hydrogen) atoms. The summed E-state index contributed by atoms with van der Waals surface area (Å²) in [5.74, 6) is 1.39. The van der Waals surface area contributed by atoms with Gasteiger partial charge in [0.1, 0.15) is 0 Å². The van der Waals surface area contributed by atoms with E-state index in [0.29, 0.717) is 24.0 Å². The van der Waals surface area contributed by atoms with Crippen LogP contribution >= 0.6 is 0 Å². The molecule has 1 heteroatoms. The van der Waals surface area contributed by atoms with Crippen LogP contribution in [0.5, 0.6) is 0 Å². The van der Waals surface area contributed by atoms with E-state index in [0.717, 1.165) is 0 Å². The maximum absolute atomic E-state index is 6.24. The van der Waals surface area contributed by atoms with Crippen LogP contribution in [0.1, 0.15) is 50.0 Å². The molecule has 1 nitrogen and oxygen atoms in total. The summed E-state index contributed by atoms with van der Waals surface area (Å²) in [5.41, 5.74) is 6.23. The van der Waals surface area contributed by atoms with Gasteiger partial charge in [0.15, 0.2) is 0 Å². The first-order chi connectivity index (χ1) is 8.33. The molecule has 0 aromatic heterocycles. The normalized spacial score (nSPS) is 36.8. The highest BCUT2D eigenvalue weighted by molar-refractivity contribution is 5.49. The Labute approximate surface area is 102 Å².